The van der Waals surface area contributed by atoms with Gasteiger partial charge in [0.15, 0.2) is 5.65 Å². The Morgan fingerprint density at radius 3 is 2.67 bits per heavy atom. The van der Waals surface area contributed by atoms with E-state index >= 15 is 0 Å². The van der Waals surface area contributed by atoms with Crippen LogP contribution in [-0.4, -0.2) is 43.6 Å². The van der Waals surface area contributed by atoms with Gasteiger partial charge in [-0.1, -0.05) is 6.92 Å². The van der Waals surface area contributed by atoms with Crippen LogP contribution in [0.1, 0.15) is 18.9 Å². The number of fused-ring (bicyclic) bond motifs is 1. The normalized spacial score (nSPS) is 12.0. The number of rotatable bonds is 5. The third-order valence-electron chi connectivity index (χ3n) is 3.20. The smallest absolute Gasteiger partial charge is 0.157 e. The Hall–Kier alpha value is -1.66. The Labute approximate surface area is 105 Å². The minimum Gasteiger partial charge on any atom is -0.394 e. The molecule has 0 atom stereocenters. The molecule has 0 spiro atoms. The van der Waals surface area contributed by atoms with Crippen LogP contribution in [-0.2, 0) is 0 Å². The van der Waals surface area contributed by atoms with Crippen molar-refractivity contribution in [1.82, 2.24) is 14.6 Å². The van der Waals surface area contributed by atoms with Gasteiger partial charge < -0.3 is 15.5 Å². The van der Waals surface area contributed by atoms with Crippen molar-refractivity contribution >= 4 is 11.5 Å². The fraction of sp³-hybridized carbons (Fsp3) is 0.500. The van der Waals surface area contributed by atoms with E-state index in [4.69, 9.17) is 0 Å². The van der Waals surface area contributed by atoms with Crippen LogP contribution in [0.2, 0.25) is 0 Å². The predicted octanol–water partition coefficient (Wildman–Crippen LogP) is 0.583. The molecule has 0 saturated heterocycles. The molecule has 0 saturated carbocycles. The minimum atomic E-state index is -0.743. The van der Waals surface area contributed by atoms with Crippen LogP contribution < -0.4 is 5.32 Å². The molecule has 0 bridgehead atoms. The maximum absolute atomic E-state index is 9.46. The first kappa shape index (κ1) is 12.8. The molecule has 2 aromatic rings. The van der Waals surface area contributed by atoms with E-state index < -0.39 is 5.54 Å². The summed E-state index contributed by atoms with van der Waals surface area (Å²) in [6, 6.07) is 3.83. The van der Waals surface area contributed by atoms with Gasteiger partial charge in [0.05, 0.1) is 18.8 Å². The fourth-order valence-electron chi connectivity index (χ4n) is 1.86. The van der Waals surface area contributed by atoms with Crippen molar-refractivity contribution in [2.24, 2.45) is 0 Å². The van der Waals surface area contributed by atoms with E-state index in [9.17, 15) is 10.2 Å². The van der Waals surface area contributed by atoms with Crippen LogP contribution >= 0.6 is 0 Å². The first-order chi connectivity index (χ1) is 8.64. The van der Waals surface area contributed by atoms with E-state index in [0.717, 1.165) is 11.2 Å². The number of aromatic nitrogens is 3. The molecular weight excluding hydrogens is 232 g/mol. The van der Waals surface area contributed by atoms with E-state index in [2.05, 4.69) is 15.4 Å². The molecule has 2 aromatic heterocycles. The van der Waals surface area contributed by atoms with Gasteiger partial charge in [-0.25, -0.2) is 4.98 Å². The third kappa shape index (κ3) is 2.16. The summed E-state index contributed by atoms with van der Waals surface area (Å²) in [7, 11) is 0. The second kappa shape index (κ2) is 4.91. The third-order valence-corrected chi connectivity index (χ3v) is 3.20. The van der Waals surface area contributed by atoms with Gasteiger partial charge in [-0.15, -0.1) is 0 Å². The van der Waals surface area contributed by atoms with Gasteiger partial charge in [0, 0.05) is 0 Å². The van der Waals surface area contributed by atoms with Crippen molar-refractivity contribution in [3.05, 3.63) is 24.0 Å². The monoisotopic (exact) mass is 250 g/mol. The number of nitrogens with zero attached hydrogens (tertiary/aromatic N) is 3. The molecule has 0 fully saturated rings. The van der Waals surface area contributed by atoms with Gasteiger partial charge in [0.2, 0.25) is 0 Å². The molecule has 0 amide bonds. The maximum atomic E-state index is 9.46. The Kier molecular flexibility index (Phi) is 3.49. The molecule has 3 N–H and O–H groups in total. The summed E-state index contributed by atoms with van der Waals surface area (Å²) in [5, 5.41) is 26.2. The lowest BCUT2D eigenvalue weighted by atomic mass is 9.98. The van der Waals surface area contributed by atoms with Crippen molar-refractivity contribution in [1.29, 1.82) is 0 Å². The van der Waals surface area contributed by atoms with E-state index in [1.807, 2.05) is 26.0 Å². The van der Waals surface area contributed by atoms with Crippen LogP contribution in [0.4, 0.5) is 5.82 Å². The lowest BCUT2D eigenvalue weighted by molar-refractivity contribution is 0.132. The summed E-state index contributed by atoms with van der Waals surface area (Å²) in [6.07, 6.45) is 2.08. The molecule has 0 radical (unpaired) electrons. The van der Waals surface area contributed by atoms with E-state index in [1.165, 1.54) is 6.33 Å². The highest BCUT2D eigenvalue weighted by Crippen LogP contribution is 2.20. The van der Waals surface area contributed by atoms with Crippen LogP contribution in [0.25, 0.3) is 5.65 Å². The largest absolute Gasteiger partial charge is 0.394 e. The summed E-state index contributed by atoms with van der Waals surface area (Å²) in [5.74, 6) is 0.715. The number of hydrogen-bond donors (Lipinski definition) is 3. The van der Waals surface area contributed by atoms with Crippen LogP contribution in [0.5, 0.6) is 0 Å². The molecule has 6 heteroatoms. The number of aliphatic hydroxyl groups excluding tert-OH is 2. The van der Waals surface area contributed by atoms with Gasteiger partial charge in [0.1, 0.15) is 12.1 Å². The zero-order chi connectivity index (χ0) is 13.2. The number of aryl methyl sites for hydroxylation is 1. The molecule has 0 aliphatic heterocycles. The van der Waals surface area contributed by atoms with Crippen molar-refractivity contribution in [3.63, 3.8) is 0 Å². The molecule has 2 rings (SSSR count). The molecule has 0 unspecified atom stereocenters. The average molecular weight is 250 g/mol. The van der Waals surface area contributed by atoms with Crippen LogP contribution in [0, 0.1) is 6.92 Å². The summed E-state index contributed by atoms with van der Waals surface area (Å²) >= 11 is 0. The summed E-state index contributed by atoms with van der Waals surface area (Å²) in [6.45, 7) is 3.58. The molecule has 6 nitrogen and oxygen atoms in total. The van der Waals surface area contributed by atoms with Crippen molar-refractivity contribution in [2.45, 2.75) is 25.8 Å². The first-order valence-electron chi connectivity index (χ1n) is 5.94. The molecule has 98 valence electrons. The number of aliphatic hydroxyl groups is 2. The van der Waals surface area contributed by atoms with Gasteiger partial charge in [-0.3, -0.25) is 0 Å². The van der Waals surface area contributed by atoms with E-state index in [-0.39, 0.29) is 13.2 Å². The Balaban J connectivity index is 2.44. The predicted molar refractivity (Wildman–Crippen MR) is 68.5 cm³/mol. The topological polar surface area (TPSA) is 82.7 Å². The van der Waals surface area contributed by atoms with Gasteiger partial charge >= 0.3 is 0 Å². The average Bonchev–Trinajstić information content (AvgIpc) is 2.84. The van der Waals surface area contributed by atoms with E-state index in [0.29, 0.717) is 12.2 Å². The maximum Gasteiger partial charge on any atom is 0.157 e. The second-order valence-electron chi connectivity index (χ2n) is 4.52. The zero-order valence-electron chi connectivity index (χ0n) is 10.6. The SMILES string of the molecule is CCC(CO)(CO)Nc1cc(C)cc2ncnn12. The summed E-state index contributed by atoms with van der Waals surface area (Å²) in [5.41, 5.74) is 1.03. The molecule has 0 aliphatic rings. The molecule has 0 aromatic carbocycles. The second-order valence-corrected chi connectivity index (χ2v) is 4.52. The lowest BCUT2D eigenvalue weighted by Gasteiger charge is -2.30. The zero-order valence-corrected chi connectivity index (χ0v) is 10.6. The standard InChI is InChI=1S/C12H18N4O2/c1-3-12(6-17,7-18)15-11-5-9(2)4-10-13-8-14-16(10)11/h4-5,8,15,17-18H,3,6-7H2,1-2H3. The van der Waals surface area contributed by atoms with Crippen molar-refractivity contribution in [3.8, 4) is 0 Å². The Morgan fingerprint density at radius 1 is 1.33 bits per heavy atom. The summed E-state index contributed by atoms with van der Waals surface area (Å²) in [4.78, 5) is 4.13. The number of nitrogens with one attached hydrogen (secondary N) is 1. The van der Waals surface area contributed by atoms with Crippen molar-refractivity contribution in [2.75, 3.05) is 18.5 Å². The number of anilines is 1. The quantitative estimate of drug-likeness (QED) is 0.723. The fourth-order valence-corrected chi connectivity index (χ4v) is 1.86. The molecule has 0 aliphatic carbocycles. The Morgan fingerprint density at radius 2 is 2.06 bits per heavy atom. The first-order valence-corrected chi connectivity index (χ1v) is 5.94. The van der Waals surface area contributed by atoms with Gasteiger partial charge in [0.25, 0.3) is 0 Å². The van der Waals surface area contributed by atoms with E-state index in [1.54, 1.807) is 4.52 Å². The molecule has 18 heavy (non-hydrogen) atoms. The highest BCUT2D eigenvalue weighted by molar-refractivity contribution is 5.52. The Bertz CT molecular complexity index is 526. The number of pyridine rings is 1. The molecular formula is C12H18N4O2. The number of hydrogen-bond acceptors (Lipinski definition) is 5. The van der Waals surface area contributed by atoms with Crippen LogP contribution in [0.15, 0.2) is 18.5 Å². The minimum absolute atomic E-state index is 0.149. The highest BCUT2D eigenvalue weighted by Gasteiger charge is 2.27. The lowest BCUT2D eigenvalue weighted by Crippen LogP contribution is -2.45. The van der Waals surface area contributed by atoms with Gasteiger partial charge in [-0.2, -0.15) is 9.61 Å². The van der Waals surface area contributed by atoms with Gasteiger partial charge in [-0.05, 0) is 31.0 Å². The highest BCUT2D eigenvalue weighted by atomic mass is 16.3. The molecule has 2 heterocycles. The van der Waals surface area contributed by atoms with Crippen molar-refractivity contribution < 1.29 is 10.2 Å². The van der Waals surface area contributed by atoms with Crippen LogP contribution in [0.3, 0.4) is 0 Å². The summed E-state index contributed by atoms with van der Waals surface area (Å²) < 4.78 is 1.66.